The maximum absolute atomic E-state index is 13.5. The second kappa shape index (κ2) is 5.64. The van der Waals surface area contributed by atoms with Gasteiger partial charge in [0.2, 0.25) is 5.78 Å². The van der Waals surface area contributed by atoms with Gasteiger partial charge in [-0.3, -0.25) is 9.48 Å². The molecule has 0 saturated carbocycles. The minimum absolute atomic E-state index is 0.0310. The molecule has 6 nitrogen and oxygen atoms in total. The molecule has 0 amide bonds. The van der Waals surface area contributed by atoms with Crippen molar-refractivity contribution in [1.29, 1.82) is 0 Å². The van der Waals surface area contributed by atoms with E-state index in [1.54, 1.807) is 6.07 Å². The zero-order chi connectivity index (χ0) is 18.8. The molecule has 2 aliphatic rings. The van der Waals surface area contributed by atoms with Crippen LogP contribution in [-0.2, 0) is 19.9 Å². The highest BCUT2D eigenvalue weighted by Crippen LogP contribution is 2.53. The molecule has 2 aromatic rings. The second-order valence-corrected chi connectivity index (χ2v) is 7.41. The average molecular weight is 377 g/mol. The van der Waals surface area contributed by atoms with Crippen molar-refractivity contribution in [2.45, 2.75) is 32.3 Å². The van der Waals surface area contributed by atoms with Gasteiger partial charge >= 0.3 is 0 Å². The molecule has 0 bridgehead atoms. The summed E-state index contributed by atoms with van der Waals surface area (Å²) in [5, 5.41) is 4.81. The number of carbonyl (C=O) groups excluding carboxylic acids is 1. The van der Waals surface area contributed by atoms with E-state index in [9.17, 15) is 4.79 Å². The van der Waals surface area contributed by atoms with Crippen molar-refractivity contribution in [3.8, 4) is 17.2 Å². The Labute approximate surface area is 157 Å². The predicted octanol–water partition coefficient (Wildman–Crippen LogP) is 3.15. The largest absolute Gasteiger partial charge is 0.496 e. The normalized spacial score (nSPS) is 23.6. The lowest BCUT2D eigenvalue weighted by Crippen LogP contribution is -2.51. The molecule has 4 rings (SSSR count). The van der Waals surface area contributed by atoms with Gasteiger partial charge in [-0.05, 0) is 13.3 Å². The molecule has 0 radical (unpaired) electrons. The molecule has 0 fully saturated rings. The van der Waals surface area contributed by atoms with Gasteiger partial charge in [-0.25, -0.2) is 0 Å². The van der Waals surface area contributed by atoms with E-state index in [2.05, 4.69) is 5.10 Å². The number of hydrogen-bond acceptors (Lipinski definition) is 5. The summed E-state index contributed by atoms with van der Waals surface area (Å²) in [6, 6.07) is 1.63. The quantitative estimate of drug-likeness (QED) is 0.805. The number of rotatable bonds is 2. The number of methoxy groups -OCH3 is 2. The highest BCUT2D eigenvalue weighted by molar-refractivity contribution is 6.35. The molecule has 2 heterocycles. The first-order valence-corrected chi connectivity index (χ1v) is 8.91. The van der Waals surface area contributed by atoms with E-state index >= 15 is 0 Å². The topological polar surface area (TPSA) is 62.6 Å². The van der Waals surface area contributed by atoms with Gasteiger partial charge in [0.1, 0.15) is 22.1 Å². The Kier molecular flexibility index (Phi) is 3.74. The van der Waals surface area contributed by atoms with Crippen molar-refractivity contribution in [3.05, 3.63) is 33.6 Å². The van der Waals surface area contributed by atoms with Crippen molar-refractivity contribution in [2.75, 3.05) is 14.2 Å². The van der Waals surface area contributed by atoms with E-state index in [1.807, 2.05) is 25.6 Å². The second-order valence-electron chi connectivity index (χ2n) is 7.04. The first kappa shape index (κ1) is 17.2. The summed E-state index contributed by atoms with van der Waals surface area (Å²) in [6.45, 7) is 4.00. The summed E-state index contributed by atoms with van der Waals surface area (Å²) < 4.78 is 19.0. The molecule has 2 atom stereocenters. The van der Waals surface area contributed by atoms with Gasteiger partial charge in [0, 0.05) is 36.7 Å². The SMILES string of the molecule is COc1cc(OC)c2c(c1Cl)O[C@@]1(Cc3c(C)nn(C)c3C[C@H]1C)C2=O. The monoisotopic (exact) mass is 376 g/mol. The Morgan fingerprint density at radius 3 is 2.69 bits per heavy atom. The van der Waals surface area contributed by atoms with Crippen molar-refractivity contribution in [1.82, 2.24) is 9.78 Å². The highest BCUT2D eigenvalue weighted by Gasteiger charge is 2.56. The third kappa shape index (κ3) is 2.05. The molecule has 26 heavy (non-hydrogen) atoms. The van der Waals surface area contributed by atoms with E-state index in [-0.39, 0.29) is 11.7 Å². The van der Waals surface area contributed by atoms with Crippen molar-refractivity contribution >= 4 is 17.4 Å². The van der Waals surface area contributed by atoms with Gasteiger partial charge < -0.3 is 14.2 Å². The van der Waals surface area contributed by atoms with Crippen LogP contribution in [0.15, 0.2) is 6.07 Å². The molecular formula is C19H21ClN2O4. The number of nitrogens with zero attached hydrogens (tertiary/aromatic N) is 2. The van der Waals surface area contributed by atoms with Crippen LogP contribution in [0.25, 0.3) is 0 Å². The number of benzene rings is 1. The summed E-state index contributed by atoms with van der Waals surface area (Å²) in [5.41, 5.74) is 2.57. The molecule has 138 valence electrons. The van der Waals surface area contributed by atoms with Crippen molar-refractivity contribution in [2.24, 2.45) is 13.0 Å². The molecule has 7 heteroatoms. The Hall–Kier alpha value is -2.21. The van der Waals surface area contributed by atoms with Crippen LogP contribution in [-0.4, -0.2) is 35.4 Å². The molecule has 0 saturated heterocycles. The number of Topliss-reactive ketones (excluding diaryl/α,β-unsaturated/α-hetero) is 1. The summed E-state index contributed by atoms with van der Waals surface area (Å²) in [6.07, 6.45) is 1.18. The summed E-state index contributed by atoms with van der Waals surface area (Å²) in [5.74, 6) is 1.08. The Balaban J connectivity index is 1.88. The lowest BCUT2D eigenvalue weighted by Gasteiger charge is -2.37. The van der Waals surface area contributed by atoms with E-state index in [1.165, 1.54) is 14.2 Å². The Bertz CT molecular complexity index is 936. The fraction of sp³-hybridized carbons (Fsp3) is 0.474. The summed E-state index contributed by atoms with van der Waals surface area (Å²) in [7, 11) is 4.98. The Morgan fingerprint density at radius 2 is 2.04 bits per heavy atom. The summed E-state index contributed by atoms with van der Waals surface area (Å²) in [4.78, 5) is 13.5. The molecule has 1 aliphatic heterocycles. The van der Waals surface area contributed by atoms with Crippen LogP contribution in [0, 0.1) is 12.8 Å². The highest BCUT2D eigenvalue weighted by atomic mass is 35.5. The minimum atomic E-state index is -0.994. The molecule has 1 spiro atoms. The number of ketones is 1. The van der Waals surface area contributed by atoms with Crippen molar-refractivity contribution in [3.63, 3.8) is 0 Å². The molecule has 1 aromatic carbocycles. The summed E-state index contributed by atoms with van der Waals surface area (Å²) >= 11 is 6.46. The molecule has 1 aromatic heterocycles. The number of carbonyl (C=O) groups is 1. The standard InChI is InChI=1S/C19H21ClN2O4/c1-9-6-12-11(10(2)21-22(12)3)8-19(9)18(23)15-13(24-4)7-14(25-5)16(20)17(15)26-19/h7,9H,6,8H2,1-5H3/t9-,19-/m1/s1. The fourth-order valence-electron chi connectivity index (χ4n) is 4.22. The number of aryl methyl sites for hydroxylation is 2. The maximum atomic E-state index is 13.5. The van der Waals surface area contributed by atoms with Crippen LogP contribution in [0.1, 0.15) is 34.2 Å². The maximum Gasteiger partial charge on any atom is 0.214 e. The lowest BCUT2D eigenvalue weighted by atomic mass is 9.72. The van der Waals surface area contributed by atoms with Crippen LogP contribution < -0.4 is 14.2 Å². The number of fused-ring (bicyclic) bond motifs is 2. The number of ether oxygens (including phenoxy) is 3. The van der Waals surface area contributed by atoms with E-state index < -0.39 is 5.60 Å². The third-order valence-electron chi connectivity index (χ3n) is 5.70. The van der Waals surface area contributed by atoms with Gasteiger partial charge in [0.25, 0.3) is 0 Å². The van der Waals surface area contributed by atoms with Gasteiger partial charge in [-0.1, -0.05) is 18.5 Å². The smallest absolute Gasteiger partial charge is 0.214 e. The van der Waals surface area contributed by atoms with Gasteiger partial charge in [0.05, 0.1) is 19.9 Å². The number of hydrogen-bond donors (Lipinski definition) is 0. The number of aromatic nitrogens is 2. The van der Waals surface area contributed by atoms with E-state index in [4.69, 9.17) is 25.8 Å². The van der Waals surface area contributed by atoms with Gasteiger partial charge in [-0.15, -0.1) is 0 Å². The van der Waals surface area contributed by atoms with Crippen LogP contribution in [0.2, 0.25) is 5.02 Å². The predicted molar refractivity (Wildman–Crippen MR) is 96.8 cm³/mol. The molecular weight excluding hydrogens is 356 g/mol. The first-order chi connectivity index (χ1) is 12.3. The zero-order valence-electron chi connectivity index (χ0n) is 15.5. The lowest BCUT2D eigenvalue weighted by molar-refractivity contribution is 0.0261. The zero-order valence-corrected chi connectivity index (χ0v) is 16.2. The van der Waals surface area contributed by atoms with Crippen LogP contribution >= 0.6 is 11.6 Å². The van der Waals surface area contributed by atoms with Gasteiger partial charge in [-0.2, -0.15) is 5.10 Å². The van der Waals surface area contributed by atoms with E-state index in [0.29, 0.717) is 40.7 Å². The fourth-order valence-corrected chi connectivity index (χ4v) is 4.48. The molecule has 0 N–H and O–H groups in total. The average Bonchev–Trinajstić information content (AvgIpc) is 3.06. The van der Waals surface area contributed by atoms with Crippen LogP contribution in [0.4, 0.5) is 0 Å². The minimum Gasteiger partial charge on any atom is -0.496 e. The number of halogens is 1. The third-order valence-corrected chi connectivity index (χ3v) is 6.06. The first-order valence-electron chi connectivity index (χ1n) is 8.53. The molecule has 1 aliphatic carbocycles. The Morgan fingerprint density at radius 1 is 1.35 bits per heavy atom. The van der Waals surface area contributed by atoms with E-state index in [0.717, 1.165) is 17.0 Å². The van der Waals surface area contributed by atoms with Crippen LogP contribution in [0.5, 0.6) is 17.2 Å². The molecule has 0 unspecified atom stereocenters. The van der Waals surface area contributed by atoms with Crippen molar-refractivity contribution < 1.29 is 19.0 Å². The van der Waals surface area contributed by atoms with Gasteiger partial charge in [0.15, 0.2) is 11.4 Å². The van der Waals surface area contributed by atoms with Crippen LogP contribution in [0.3, 0.4) is 0 Å².